The van der Waals surface area contributed by atoms with E-state index in [1.807, 2.05) is 0 Å². The Morgan fingerprint density at radius 1 is 0.875 bits per heavy atom. The Labute approximate surface area is 112 Å². The van der Waals surface area contributed by atoms with Crippen molar-refractivity contribution in [2.45, 2.75) is 51.0 Å². The zero-order valence-electron chi connectivity index (χ0n) is 10.1. The molecule has 0 unspecified atom stereocenters. The first-order valence-electron chi connectivity index (χ1n) is 6.32. The highest BCUT2D eigenvalue weighted by Gasteiger charge is 2.21. The molecular weight excluding hydrogens is 243 g/mol. The van der Waals surface area contributed by atoms with Crippen molar-refractivity contribution in [1.82, 2.24) is 4.90 Å². The highest BCUT2D eigenvalue weighted by atomic mass is 35.5. The van der Waals surface area contributed by atoms with Crippen LogP contribution in [0.4, 0.5) is 0 Å². The Bertz CT molecular complexity index is 164. The summed E-state index contributed by atoms with van der Waals surface area (Å²) in [5.74, 6) is 0.952. The van der Waals surface area contributed by atoms with Crippen molar-refractivity contribution in [3.05, 3.63) is 0 Å². The topological polar surface area (TPSA) is 29.3 Å². The fraction of sp³-hybridized carbons (Fsp3) is 1.00. The van der Waals surface area contributed by atoms with E-state index in [4.69, 9.17) is 5.73 Å². The molecule has 0 aromatic carbocycles. The summed E-state index contributed by atoms with van der Waals surface area (Å²) in [6.07, 6.45) is 9.57. The summed E-state index contributed by atoms with van der Waals surface area (Å²) in [7, 11) is 0. The van der Waals surface area contributed by atoms with E-state index in [0.29, 0.717) is 6.04 Å². The molecule has 2 nitrogen and oxygen atoms in total. The van der Waals surface area contributed by atoms with Crippen LogP contribution >= 0.6 is 24.8 Å². The van der Waals surface area contributed by atoms with Crippen molar-refractivity contribution in [3.63, 3.8) is 0 Å². The van der Waals surface area contributed by atoms with Gasteiger partial charge in [0, 0.05) is 12.6 Å². The maximum atomic E-state index is 5.92. The smallest absolute Gasteiger partial charge is 0.00390 e. The maximum absolute atomic E-state index is 5.92. The molecule has 0 amide bonds. The molecule has 1 heterocycles. The summed E-state index contributed by atoms with van der Waals surface area (Å²) in [5, 5.41) is 0. The second-order valence-electron chi connectivity index (χ2n) is 5.14. The Kier molecular flexibility index (Phi) is 8.84. The van der Waals surface area contributed by atoms with Gasteiger partial charge in [-0.15, -0.1) is 24.8 Å². The molecule has 1 saturated heterocycles. The minimum absolute atomic E-state index is 0. The summed E-state index contributed by atoms with van der Waals surface area (Å²) in [5.41, 5.74) is 5.92. The van der Waals surface area contributed by atoms with Gasteiger partial charge in [0.2, 0.25) is 0 Å². The van der Waals surface area contributed by atoms with Crippen LogP contribution in [0.2, 0.25) is 0 Å². The molecular formula is C12H26Cl2N2. The highest BCUT2D eigenvalue weighted by molar-refractivity contribution is 5.85. The average molecular weight is 269 g/mol. The standard InChI is InChI=1S/C12H24N2.2ClH/c13-12-6-4-11(5-7-12)10-14-8-2-1-3-9-14;;/h11-12H,1-10,13H2;2*1H. The molecule has 2 aliphatic rings. The Morgan fingerprint density at radius 3 is 2.00 bits per heavy atom. The Morgan fingerprint density at radius 2 is 1.44 bits per heavy atom. The molecule has 4 heteroatoms. The van der Waals surface area contributed by atoms with Crippen molar-refractivity contribution in [3.8, 4) is 0 Å². The molecule has 0 atom stereocenters. The monoisotopic (exact) mass is 268 g/mol. The Hall–Kier alpha value is 0.500. The number of nitrogens with two attached hydrogens (primary N) is 1. The van der Waals surface area contributed by atoms with Gasteiger partial charge in [0.25, 0.3) is 0 Å². The fourth-order valence-electron chi connectivity index (χ4n) is 2.88. The molecule has 16 heavy (non-hydrogen) atoms. The van der Waals surface area contributed by atoms with Gasteiger partial charge >= 0.3 is 0 Å². The maximum Gasteiger partial charge on any atom is 0.00390 e. The van der Waals surface area contributed by atoms with Crippen LogP contribution in [0.3, 0.4) is 0 Å². The third-order valence-corrected chi connectivity index (χ3v) is 3.86. The number of hydrogen-bond donors (Lipinski definition) is 1. The first-order valence-corrected chi connectivity index (χ1v) is 6.32. The molecule has 98 valence electrons. The van der Waals surface area contributed by atoms with Crippen LogP contribution in [0.15, 0.2) is 0 Å². The zero-order valence-corrected chi connectivity index (χ0v) is 11.7. The fourth-order valence-corrected chi connectivity index (χ4v) is 2.88. The molecule has 0 radical (unpaired) electrons. The van der Waals surface area contributed by atoms with Crippen LogP contribution in [0, 0.1) is 5.92 Å². The molecule has 2 rings (SSSR count). The van der Waals surface area contributed by atoms with Crippen LogP contribution < -0.4 is 5.73 Å². The lowest BCUT2D eigenvalue weighted by Gasteiger charge is -2.33. The first kappa shape index (κ1) is 16.5. The first-order chi connectivity index (χ1) is 6.84. The summed E-state index contributed by atoms with van der Waals surface area (Å²) in [4.78, 5) is 2.67. The number of rotatable bonds is 2. The van der Waals surface area contributed by atoms with Gasteiger partial charge in [-0.1, -0.05) is 6.42 Å². The molecule has 1 saturated carbocycles. The van der Waals surface area contributed by atoms with Gasteiger partial charge in [-0.05, 0) is 57.5 Å². The van der Waals surface area contributed by atoms with Gasteiger partial charge in [-0.2, -0.15) is 0 Å². The van der Waals surface area contributed by atoms with Gasteiger partial charge in [-0.3, -0.25) is 0 Å². The van der Waals surface area contributed by atoms with E-state index in [1.54, 1.807) is 0 Å². The van der Waals surface area contributed by atoms with Crippen molar-refractivity contribution >= 4 is 24.8 Å². The van der Waals surface area contributed by atoms with Crippen molar-refractivity contribution in [2.24, 2.45) is 11.7 Å². The summed E-state index contributed by atoms with van der Waals surface area (Å²) >= 11 is 0. The third-order valence-electron chi connectivity index (χ3n) is 3.86. The lowest BCUT2D eigenvalue weighted by Crippen LogP contribution is -2.37. The van der Waals surface area contributed by atoms with Crippen LogP contribution in [0.25, 0.3) is 0 Å². The molecule has 1 aliphatic heterocycles. The summed E-state index contributed by atoms with van der Waals surface area (Å²) in [6.45, 7) is 4.05. The van der Waals surface area contributed by atoms with Gasteiger partial charge in [-0.25, -0.2) is 0 Å². The lowest BCUT2D eigenvalue weighted by molar-refractivity contribution is 0.169. The molecule has 2 fully saturated rings. The lowest BCUT2D eigenvalue weighted by atomic mass is 9.86. The molecule has 2 N–H and O–H groups in total. The normalized spacial score (nSPS) is 31.3. The predicted molar refractivity (Wildman–Crippen MR) is 74.7 cm³/mol. The van der Waals surface area contributed by atoms with E-state index < -0.39 is 0 Å². The second-order valence-corrected chi connectivity index (χ2v) is 5.14. The molecule has 0 aromatic heterocycles. The van der Waals surface area contributed by atoms with Crippen molar-refractivity contribution in [1.29, 1.82) is 0 Å². The van der Waals surface area contributed by atoms with Gasteiger partial charge < -0.3 is 10.6 Å². The minimum atomic E-state index is 0. The second kappa shape index (κ2) is 8.57. The van der Waals surface area contributed by atoms with E-state index >= 15 is 0 Å². The number of likely N-dealkylation sites (tertiary alicyclic amines) is 1. The van der Waals surface area contributed by atoms with Crippen molar-refractivity contribution in [2.75, 3.05) is 19.6 Å². The van der Waals surface area contributed by atoms with Gasteiger partial charge in [0.15, 0.2) is 0 Å². The van der Waals surface area contributed by atoms with Crippen LogP contribution in [0.1, 0.15) is 44.9 Å². The van der Waals surface area contributed by atoms with E-state index in [-0.39, 0.29) is 24.8 Å². The largest absolute Gasteiger partial charge is 0.328 e. The zero-order chi connectivity index (χ0) is 9.80. The third kappa shape index (κ3) is 5.22. The van der Waals surface area contributed by atoms with Gasteiger partial charge in [0.1, 0.15) is 0 Å². The molecule has 0 aromatic rings. The number of hydrogen-bond acceptors (Lipinski definition) is 2. The number of halogens is 2. The minimum Gasteiger partial charge on any atom is -0.328 e. The molecule has 0 bridgehead atoms. The number of nitrogens with zero attached hydrogens (tertiary/aromatic N) is 1. The van der Waals surface area contributed by atoms with E-state index in [9.17, 15) is 0 Å². The number of piperidine rings is 1. The molecule has 0 spiro atoms. The van der Waals surface area contributed by atoms with Gasteiger partial charge in [0.05, 0.1) is 0 Å². The quantitative estimate of drug-likeness (QED) is 0.835. The summed E-state index contributed by atoms with van der Waals surface area (Å²) < 4.78 is 0. The Balaban J connectivity index is 0.00000112. The highest BCUT2D eigenvalue weighted by Crippen LogP contribution is 2.24. The predicted octanol–water partition coefficient (Wildman–Crippen LogP) is 2.83. The van der Waals surface area contributed by atoms with Crippen molar-refractivity contribution < 1.29 is 0 Å². The van der Waals surface area contributed by atoms with E-state index in [1.165, 1.54) is 64.6 Å². The van der Waals surface area contributed by atoms with E-state index in [2.05, 4.69) is 4.90 Å². The van der Waals surface area contributed by atoms with Crippen LogP contribution in [-0.4, -0.2) is 30.6 Å². The summed E-state index contributed by atoms with van der Waals surface area (Å²) in [6, 6.07) is 0.507. The SMILES string of the molecule is Cl.Cl.NC1CCC(CN2CCCCC2)CC1. The van der Waals surface area contributed by atoms with Crippen LogP contribution in [-0.2, 0) is 0 Å². The van der Waals surface area contributed by atoms with Crippen LogP contribution in [0.5, 0.6) is 0 Å². The van der Waals surface area contributed by atoms with E-state index in [0.717, 1.165) is 5.92 Å². The average Bonchev–Trinajstić information content (AvgIpc) is 2.23. The molecule has 1 aliphatic carbocycles.